The van der Waals surface area contributed by atoms with Crippen molar-refractivity contribution in [3.8, 4) is 17.6 Å². The van der Waals surface area contributed by atoms with Crippen molar-refractivity contribution in [3.63, 3.8) is 0 Å². The van der Waals surface area contributed by atoms with Crippen LogP contribution in [0.2, 0.25) is 0 Å². The van der Waals surface area contributed by atoms with Crippen LogP contribution in [0, 0.1) is 20.7 Å². The summed E-state index contributed by atoms with van der Waals surface area (Å²) in [5.74, 6) is 0.451. The van der Waals surface area contributed by atoms with E-state index in [-0.39, 0.29) is 11.4 Å². The Hall–Kier alpha value is -3.38. The van der Waals surface area contributed by atoms with E-state index in [1.54, 1.807) is 50.6 Å². The van der Waals surface area contributed by atoms with Gasteiger partial charge in [0.15, 0.2) is 0 Å². The number of carbonyl (C=O) groups excluding carboxylic acids is 1. The first-order valence-corrected chi connectivity index (χ1v) is 10.7. The molecular formula is C25H20FIN2O3. The summed E-state index contributed by atoms with van der Waals surface area (Å²) >= 11 is 2.17. The van der Waals surface area contributed by atoms with E-state index in [9.17, 15) is 14.4 Å². The fraction of sp³-hybridized carbons (Fsp3) is 0.120. The van der Waals surface area contributed by atoms with E-state index in [2.05, 4.69) is 27.9 Å². The van der Waals surface area contributed by atoms with Crippen LogP contribution >= 0.6 is 22.6 Å². The molecule has 3 aromatic carbocycles. The number of amides is 1. The molecule has 0 aliphatic rings. The van der Waals surface area contributed by atoms with Gasteiger partial charge in [0.2, 0.25) is 0 Å². The molecule has 0 spiro atoms. The second-order valence-electron chi connectivity index (χ2n) is 6.84. The highest BCUT2D eigenvalue weighted by Gasteiger charge is 2.14. The van der Waals surface area contributed by atoms with E-state index in [1.807, 2.05) is 18.2 Å². The average Bonchev–Trinajstić information content (AvgIpc) is 2.79. The molecule has 0 fully saturated rings. The lowest BCUT2D eigenvalue weighted by Gasteiger charge is -2.13. The first kappa shape index (κ1) is 23.3. The van der Waals surface area contributed by atoms with Gasteiger partial charge in [-0.25, -0.2) is 4.39 Å². The number of nitriles is 1. The van der Waals surface area contributed by atoms with E-state index in [1.165, 1.54) is 18.2 Å². The van der Waals surface area contributed by atoms with Gasteiger partial charge in [0, 0.05) is 21.2 Å². The minimum absolute atomic E-state index is 0.0449. The zero-order valence-corrected chi connectivity index (χ0v) is 19.6. The number of halogens is 2. The van der Waals surface area contributed by atoms with Gasteiger partial charge in [-0.2, -0.15) is 5.26 Å². The van der Waals surface area contributed by atoms with Crippen molar-refractivity contribution in [2.75, 3.05) is 19.5 Å². The number of carbonyl (C=O) groups is 1. The van der Waals surface area contributed by atoms with E-state index in [0.29, 0.717) is 29.2 Å². The third kappa shape index (κ3) is 5.86. The van der Waals surface area contributed by atoms with Gasteiger partial charge in [-0.1, -0.05) is 12.1 Å². The van der Waals surface area contributed by atoms with Crippen LogP contribution in [0.4, 0.5) is 10.1 Å². The van der Waals surface area contributed by atoms with Crippen LogP contribution in [-0.2, 0) is 11.2 Å². The van der Waals surface area contributed by atoms with Gasteiger partial charge in [-0.05, 0) is 88.3 Å². The Morgan fingerprint density at radius 3 is 2.50 bits per heavy atom. The molecule has 7 heteroatoms. The molecular weight excluding hydrogens is 522 g/mol. The lowest BCUT2D eigenvalue weighted by molar-refractivity contribution is -0.112. The number of anilines is 1. The van der Waals surface area contributed by atoms with Crippen molar-refractivity contribution < 1.29 is 18.7 Å². The van der Waals surface area contributed by atoms with E-state index in [4.69, 9.17) is 9.47 Å². The minimum atomic E-state index is -0.518. The van der Waals surface area contributed by atoms with Gasteiger partial charge in [-0.15, -0.1) is 0 Å². The molecule has 0 bridgehead atoms. The van der Waals surface area contributed by atoms with Crippen LogP contribution in [0.15, 0.2) is 66.2 Å². The number of hydrogen-bond donors (Lipinski definition) is 1. The summed E-state index contributed by atoms with van der Waals surface area (Å²) in [5.41, 5.74) is 2.87. The van der Waals surface area contributed by atoms with Crippen molar-refractivity contribution in [1.82, 2.24) is 0 Å². The Balaban J connectivity index is 1.85. The molecule has 5 nitrogen and oxygen atoms in total. The highest BCUT2D eigenvalue weighted by atomic mass is 127. The molecule has 3 rings (SSSR count). The summed E-state index contributed by atoms with van der Waals surface area (Å²) in [7, 11) is 3.11. The predicted octanol–water partition coefficient (Wildman–Crippen LogP) is 5.58. The van der Waals surface area contributed by atoms with Gasteiger partial charge >= 0.3 is 0 Å². The minimum Gasteiger partial charge on any atom is -0.497 e. The molecule has 0 saturated carbocycles. The fourth-order valence-corrected chi connectivity index (χ4v) is 3.92. The maximum Gasteiger partial charge on any atom is 0.266 e. The molecule has 0 saturated heterocycles. The number of benzene rings is 3. The van der Waals surface area contributed by atoms with Crippen LogP contribution in [0.5, 0.6) is 11.5 Å². The van der Waals surface area contributed by atoms with E-state index in [0.717, 1.165) is 14.7 Å². The molecule has 0 aliphatic carbocycles. The van der Waals surface area contributed by atoms with Crippen molar-refractivity contribution in [2.24, 2.45) is 0 Å². The Morgan fingerprint density at radius 2 is 1.88 bits per heavy atom. The first-order valence-electron chi connectivity index (χ1n) is 9.61. The third-order valence-corrected chi connectivity index (χ3v) is 5.65. The molecule has 1 amide bonds. The molecule has 32 heavy (non-hydrogen) atoms. The monoisotopic (exact) mass is 542 g/mol. The van der Waals surface area contributed by atoms with Crippen molar-refractivity contribution in [2.45, 2.75) is 6.42 Å². The maximum atomic E-state index is 13.6. The van der Waals surface area contributed by atoms with Crippen molar-refractivity contribution in [3.05, 3.63) is 92.3 Å². The van der Waals surface area contributed by atoms with Crippen LogP contribution in [0.3, 0.4) is 0 Å². The summed E-state index contributed by atoms with van der Waals surface area (Å²) in [6.45, 7) is 0. The standard InChI is InChI=1S/C25H20FIN2O3/c1-31-21-8-6-20(7-9-21)29-25(30)18(15-28)10-17-13-23(27)22(24(14-17)32-2)12-16-4-3-5-19(26)11-16/h3-11,13-14H,12H2,1-2H3,(H,29,30)/b18-10+. The number of nitrogens with one attached hydrogen (secondary N) is 1. The van der Waals surface area contributed by atoms with Gasteiger partial charge in [0.05, 0.1) is 14.2 Å². The number of ether oxygens (including phenoxy) is 2. The molecule has 0 radical (unpaired) electrons. The van der Waals surface area contributed by atoms with Crippen molar-refractivity contribution in [1.29, 1.82) is 5.26 Å². The largest absolute Gasteiger partial charge is 0.497 e. The summed E-state index contributed by atoms with van der Waals surface area (Å²) < 4.78 is 25.1. The fourth-order valence-electron chi connectivity index (χ4n) is 3.11. The highest BCUT2D eigenvalue weighted by Crippen LogP contribution is 2.30. The van der Waals surface area contributed by atoms with E-state index >= 15 is 0 Å². The van der Waals surface area contributed by atoms with Crippen LogP contribution < -0.4 is 14.8 Å². The molecule has 0 atom stereocenters. The zero-order valence-electron chi connectivity index (χ0n) is 17.5. The lowest BCUT2D eigenvalue weighted by Crippen LogP contribution is -2.13. The number of nitrogens with zero attached hydrogens (tertiary/aromatic N) is 1. The Kier molecular flexibility index (Phi) is 7.84. The van der Waals surface area contributed by atoms with Crippen LogP contribution in [0.25, 0.3) is 6.08 Å². The average molecular weight is 542 g/mol. The summed E-state index contributed by atoms with van der Waals surface area (Å²) in [4.78, 5) is 12.6. The van der Waals surface area contributed by atoms with Crippen LogP contribution in [-0.4, -0.2) is 20.1 Å². The van der Waals surface area contributed by atoms with Gasteiger partial charge in [-0.3, -0.25) is 4.79 Å². The summed E-state index contributed by atoms with van der Waals surface area (Å²) in [5, 5.41) is 12.2. The van der Waals surface area contributed by atoms with Gasteiger partial charge < -0.3 is 14.8 Å². The quantitative estimate of drug-likeness (QED) is 0.240. The summed E-state index contributed by atoms with van der Waals surface area (Å²) in [6.07, 6.45) is 2.00. The van der Waals surface area contributed by atoms with Gasteiger partial charge in [0.25, 0.3) is 5.91 Å². The zero-order chi connectivity index (χ0) is 23.1. The van der Waals surface area contributed by atoms with E-state index < -0.39 is 5.91 Å². The highest BCUT2D eigenvalue weighted by molar-refractivity contribution is 14.1. The second kappa shape index (κ2) is 10.8. The number of rotatable bonds is 7. The lowest BCUT2D eigenvalue weighted by atomic mass is 10.0. The molecule has 0 aliphatic heterocycles. The molecule has 1 N–H and O–H groups in total. The third-order valence-electron chi connectivity index (χ3n) is 4.69. The van der Waals surface area contributed by atoms with Gasteiger partial charge in [0.1, 0.15) is 29.0 Å². The first-order chi connectivity index (χ1) is 15.4. The normalized spacial score (nSPS) is 10.9. The molecule has 0 aromatic heterocycles. The number of hydrogen-bond acceptors (Lipinski definition) is 4. The second-order valence-corrected chi connectivity index (χ2v) is 8.00. The molecule has 3 aromatic rings. The summed E-state index contributed by atoms with van der Waals surface area (Å²) in [6, 6.07) is 18.8. The Morgan fingerprint density at radius 1 is 1.12 bits per heavy atom. The smallest absolute Gasteiger partial charge is 0.266 e. The molecule has 0 heterocycles. The Labute approximate surface area is 199 Å². The maximum absolute atomic E-state index is 13.6. The van der Waals surface area contributed by atoms with Crippen molar-refractivity contribution >= 4 is 40.3 Å². The predicted molar refractivity (Wildman–Crippen MR) is 130 cm³/mol. The van der Waals surface area contributed by atoms with Crippen LogP contribution in [0.1, 0.15) is 16.7 Å². The molecule has 162 valence electrons. The molecule has 0 unspecified atom stereocenters. The number of methoxy groups -OCH3 is 2. The SMILES string of the molecule is COc1ccc(NC(=O)/C(C#N)=C/c2cc(I)c(Cc3cccc(F)c3)c(OC)c2)cc1. The Bertz CT molecular complexity index is 1200. The topological polar surface area (TPSA) is 71.3 Å².